The van der Waals surface area contributed by atoms with Gasteiger partial charge >= 0.3 is 12.1 Å². The molecule has 0 saturated carbocycles. The highest BCUT2D eigenvalue weighted by atomic mass is 32.2. The summed E-state index contributed by atoms with van der Waals surface area (Å²) in [6.45, 7) is 3.05. The number of esters is 1. The largest absolute Gasteiger partial charge is 0.464 e. The summed E-state index contributed by atoms with van der Waals surface area (Å²) in [5, 5.41) is 0.567. The maximum atomic E-state index is 12.4. The number of likely N-dealkylation sites (tertiary alicyclic amines) is 1. The van der Waals surface area contributed by atoms with Gasteiger partial charge in [0.2, 0.25) is 5.91 Å². The molecule has 0 bridgehead atoms. The SMILES string of the molecule is CCOC(=O)[C@@H]1COC(=O)N1C1CCN(C(=O)CSc2ncccn2)CC1. The first kappa shape index (κ1) is 19.4. The average Bonchev–Trinajstić information content (AvgIpc) is 3.09. The summed E-state index contributed by atoms with van der Waals surface area (Å²) < 4.78 is 10.1. The van der Waals surface area contributed by atoms with Crippen LogP contribution < -0.4 is 0 Å². The molecule has 1 aromatic heterocycles. The molecule has 9 nitrogen and oxygen atoms in total. The predicted octanol–water partition coefficient (Wildman–Crippen LogP) is 0.944. The molecule has 2 fully saturated rings. The Morgan fingerprint density at radius 3 is 2.67 bits per heavy atom. The highest BCUT2D eigenvalue weighted by Crippen LogP contribution is 2.25. The standard InChI is InChI=1S/C17H22N4O5S/c1-2-25-15(23)13-10-26-17(24)21(13)12-4-8-20(9-5-12)14(22)11-27-16-18-6-3-7-19-16/h3,6-7,12-13H,2,4-5,8-11H2,1H3/t13-/m0/s1. The topological polar surface area (TPSA) is 102 Å². The molecule has 3 rings (SSSR count). The third kappa shape index (κ3) is 4.68. The van der Waals surface area contributed by atoms with Crippen LogP contribution in [-0.4, -0.2) is 81.9 Å². The van der Waals surface area contributed by atoms with Gasteiger partial charge in [-0.15, -0.1) is 0 Å². The number of nitrogens with zero attached hydrogens (tertiary/aromatic N) is 4. The van der Waals surface area contributed by atoms with Crippen molar-refractivity contribution in [1.82, 2.24) is 19.8 Å². The van der Waals surface area contributed by atoms with E-state index in [2.05, 4.69) is 9.97 Å². The summed E-state index contributed by atoms with van der Waals surface area (Å²) in [4.78, 5) is 47.9. The fourth-order valence-corrected chi connectivity index (χ4v) is 3.93. The number of carbonyl (C=O) groups is 3. The number of thioether (sulfide) groups is 1. The lowest BCUT2D eigenvalue weighted by atomic mass is 10.0. The lowest BCUT2D eigenvalue weighted by Crippen LogP contribution is -2.52. The van der Waals surface area contributed by atoms with E-state index < -0.39 is 18.1 Å². The summed E-state index contributed by atoms with van der Waals surface area (Å²) in [7, 11) is 0. The third-order valence-corrected chi connectivity index (χ3v) is 5.41. The Morgan fingerprint density at radius 1 is 1.30 bits per heavy atom. The first-order chi connectivity index (χ1) is 13.1. The van der Waals surface area contributed by atoms with Crippen LogP contribution >= 0.6 is 11.8 Å². The molecule has 146 valence electrons. The van der Waals surface area contributed by atoms with Gasteiger partial charge in [0, 0.05) is 31.5 Å². The summed E-state index contributed by atoms with van der Waals surface area (Å²) in [6, 6.07) is 0.892. The molecular weight excluding hydrogens is 372 g/mol. The molecule has 27 heavy (non-hydrogen) atoms. The number of ether oxygens (including phenoxy) is 2. The smallest absolute Gasteiger partial charge is 0.410 e. The van der Waals surface area contributed by atoms with E-state index in [9.17, 15) is 14.4 Å². The van der Waals surface area contributed by atoms with Crippen molar-refractivity contribution in [3.8, 4) is 0 Å². The Balaban J connectivity index is 1.51. The van der Waals surface area contributed by atoms with Crippen molar-refractivity contribution in [2.45, 2.75) is 37.0 Å². The van der Waals surface area contributed by atoms with E-state index in [0.29, 0.717) is 31.1 Å². The van der Waals surface area contributed by atoms with Gasteiger partial charge in [-0.2, -0.15) is 0 Å². The van der Waals surface area contributed by atoms with Crippen molar-refractivity contribution in [2.24, 2.45) is 0 Å². The highest BCUT2D eigenvalue weighted by molar-refractivity contribution is 7.99. The second-order valence-corrected chi connectivity index (χ2v) is 7.13. The van der Waals surface area contributed by atoms with E-state index in [1.807, 2.05) is 0 Å². The number of piperidine rings is 1. The molecule has 10 heteroatoms. The number of aromatic nitrogens is 2. The van der Waals surface area contributed by atoms with Gasteiger partial charge in [-0.05, 0) is 25.8 Å². The minimum Gasteiger partial charge on any atom is -0.464 e. The molecule has 0 N–H and O–H groups in total. The van der Waals surface area contributed by atoms with E-state index >= 15 is 0 Å². The molecule has 0 unspecified atom stereocenters. The zero-order valence-corrected chi connectivity index (χ0v) is 15.9. The fraction of sp³-hybridized carbons (Fsp3) is 0.588. The Hall–Kier alpha value is -2.36. The summed E-state index contributed by atoms with van der Waals surface area (Å²) in [6.07, 6.45) is 3.99. The quantitative estimate of drug-likeness (QED) is 0.399. The van der Waals surface area contributed by atoms with Crippen molar-refractivity contribution < 1.29 is 23.9 Å². The second-order valence-electron chi connectivity index (χ2n) is 6.18. The van der Waals surface area contributed by atoms with E-state index in [0.717, 1.165) is 0 Å². The van der Waals surface area contributed by atoms with Gasteiger partial charge in [-0.25, -0.2) is 19.6 Å². The van der Waals surface area contributed by atoms with Gasteiger partial charge in [-0.1, -0.05) is 11.8 Å². The summed E-state index contributed by atoms with van der Waals surface area (Å²) in [5.41, 5.74) is 0. The van der Waals surface area contributed by atoms with Gasteiger partial charge in [0.25, 0.3) is 0 Å². The monoisotopic (exact) mass is 394 g/mol. The van der Waals surface area contributed by atoms with E-state index in [4.69, 9.17) is 9.47 Å². The fourth-order valence-electron chi connectivity index (χ4n) is 3.23. The first-order valence-corrected chi connectivity index (χ1v) is 9.88. The average molecular weight is 394 g/mol. The molecular formula is C17H22N4O5S. The van der Waals surface area contributed by atoms with Crippen molar-refractivity contribution in [1.29, 1.82) is 0 Å². The van der Waals surface area contributed by atoms with Crippen LogP contribution in [0.4, 0.5) is 4.79 Å². The van der Waals surface area contributed by atoms with Crippen molar-refractivity contribution in [2.75, 3.05) is 32.1 Å². The summed E-state index contributed by atoms with van der Waals surface area (Å²) in [5.74, 6) is -0.163. The van der Waals surface area contributed by atoms with Gasteiger partial charge in [0.15, 0.2) is 11.2 Å². The minimum atomic E-state index is -0.699. The molecule has 0 aliphatic carbocycles. The van der Waals surface area contributed by atoms with Crippen LogP contribution in [0.15, 0.2) is 23.6 Å². The van der Waals surface area contributed by atoms with Crippen molar-refractivity contribution in [3.05, 3.63) is 18.5 Å². The van der Waals surface area contributed by atoms with Gasteiger partial charge in [-0.3, -0.25) is 9.69 Å². The van der Waals surface area contributed by atoms with Crippen molar-refractivity contribution >= 4 is 29.7 Å². The van der Waals surface area contributed by atoms with Crippen LogP contribution in [0.5, 0.6) is 0 Å². The molecule has 0 aromatic carbocycles. The molecule has 0 spiro atoms. The molecule has 1 atom stereocenters. The Bertz CT molecular complexity index is 681. The second kappa shape index (κ2) is 9.03. The van der Waals surface area contributed by atoms with Gasteiger partial charge < -0.3 is 14.4 Å². The number of hydrogen-bond donors (Lipinski definition) is 0. The van der Waals surface area contributed by atoms with E-state index in [-0.39, 0.29) is 30.9 Å². The van der Waals surface area contributed by atoms with Crippen LogP contribution in [0.1, 0.15) is 19.8 Å². The number of carbonyl (C=O) groups excluding carboxylic acids is 3. The lowest BCUT2D eigenvalue weighted by molar-refractivity contribution is -0.148. The number of rotatable bonds is 6. The molecule has 3 heterocycles. The van der Waals surface area contributed by atoms with Crippen LogP contribution in [0.3, 0.4) is 0 Å². The Labute approximate surface area is 161 Å². The number of hydrogen-bond acceptors (Lipinski definition) is 8. The lowest BCUT2D eigenvalue weighted by Gasteiger charge is -2.37. The molecule has 2 saturated heterocycles. The van der Waals surface area contributed by atoms with Gasteiger partial charge in [0.05, 0.1) is 12.4 Å². The molecule has 2 aliphatic heterocycles. The molecule has 0 radical (unpaired) electrons. The number of amides is 2. The van der Waals surface area contributed by atoms with Crippen LogP contribution in [0, 0.1) is 0 Å². The van der Waals surface area contributed by atoms with Crippen LogP contribution in [0.25, 0.3) is 0 Å². The third-order valence-electron chi connectivity index (χ3n) is 4.55. The first-order valence-electron chi connectivity index (χ1n) is 8.89. The highest BCUT2D eigenvalue weighted by Gasteiger charge is 2.44. The Kier molecular flexibility index (Phi) is 6.49. The van der Waals surface area contributed by atoms with Crippen LogP contribution in [0.2, 0.25) is 0 Å². The maximum Gasteiger partial charge on any atom is 0.410 e. The zero-order chi connectivity index (χ0) is 19.2. The summed E-state index contributed by atoms with van der Waals surface area (Å²) >= 11 is 1.30. The Morgan fingerprint density at radius 2 is 2.00 bits per heavy atom. The van der Waals surface area contributed by atoms with Gasteiger partial charge in [0.1, 0.15) is 6.61 Å². The minimum absolute atomic E-state index is 0.0110. The maximum absolute atomic E-state index is 12.4. The molecule has 2 aliphatic rings. The van der Waals surface area contributed by atoms with Crippen LogP contribution in [-0.2, 0) is 19.1 Å². The molecule has 1 aromatic rings. The van der Waals surface area contributed by atoms with E-state index in [1.165, 1.54) is 16.7 Å². The zero-order valence-electron chi connectivity index (χ0n) is 15.1. The number of cyclic esters (lactones) is 1. The molecule has 2 amide bonds. The predicted molar refractivity (Wildman–Crippen MR) is 96.0 cm³/mol. The van der Waals surface area contributed by atoms with E-state index in [1.54, 1.807) is 30.3 Å². The normalized spacial score (nSPS) is 20.5. The van der Waals surface area contributed by atoms with Crippen molar-refractivity contribution in [3.63, 3.8) is 0 Å².